The van der Waals surface area contributed by atoms with Crippen LogP contribution in [0.3, 0.4) is 0 Å². The van der Waals surface area contributed by atoms with E-state index in [4.69, 9.17) is 4.74 Å². The SMILES string of the molecule is CC(C)[C@H]1C(=O)O[C@H]([C@@H](C)CCCC[C@@H](C)O)C[C@@H](O)[C@@H](C)C(=O)N[C@H](Cc2ccccc2)C(=O)N1C. The van der Waals surface area contributed by atoms with Crippen LogP contribution in [-0.4, -0.2) is 70.3 Å². The maximum atomic E-state index is 13.6. The van der Waals surface area contributed by atoms with Gasteiger partial charge in [-0.15, -0.1) is 0 Å². The topological polar surface area (TPSA) is 116 Å². The highest BCUT2D eigenvalue weighted by molar-refractivity contribution is 5.91. The molecule has 1 aliphatic rings. The van der Waals surface area contributed by atoms with Gasteiger partial charge in [0.25, 0.3) is 0 Å². The van der Waals surface area contributed by atoms with Gasteiger partial charge < -0.3 is 25.2 Å². The number of nitrogens with zero attached hydrogens (tertiary/aromatic N) is 1. The number of esters is 1. The molecule has 8 heteroatoms. The summed E-state index contributed by atoms with van der Waals surface area (Å²) in [4.78, 5) is 41.6. The Morgan fingerprint density at radius 3 is 2.27 bits per heavy atom. The molecule has 1 heterocycles. The van der Waals surface area contributed by atoms with E-state index in [1.54, 1.807) is 20.9 Å². The van der Waals surface area contributed by atoms with Gasteiger partial charge in [-0.25, -0.2) is 4.79 Å². The third kappa shape index (κ3) is 9.11. The molecule has 0 aliphatic carbocycles. The summed E-state index contributed by atoms with van der Waals surface area (Å²) >= 11 is 0. The number of benzene rings is 1. The Balaban J connectivity index is 2.33. The molecule has 0 radical (unpaired) electrons. The molecule has 1 fully saturated rings. The Labute approximate surface area is 221 Å². The first-order valence-electron chi connectivity index (χ1n) is 13.6. The molecule has 0 saturated carbocycles. The molecule has 0 aromatic heterocycles. The standard InChI is InChI=1S/C29H46N2O6/c1-18(2)26-29(36)37-25(19(3)12-10-11-13-20(4)32)17-24(33)21(5)27(34)30-23(28(35)31(26)6)16-22-14-8-7-9-15-22/h7-9,14-15,18-21,23-26,32-33H,10-13,16-17H2,1-6H3,(H,30,34)/t19-,20+,21+,23+,24+,25-,26-/m0/s1. The zero-order chi connectivity index (χ0) is 27.7. The molecule has 208 valence electrons. The van der Waals surface area contributed by atoms with Crippen molar-refractivity contribution in [3.63, 3.8) is 0 Å². The summed E-state index contributed by atoms with van der Waals surface area (Å²) < 4.78 is 5.99. The minimum Gasteiger partial charge on any atom is -0.460 e. The van der Waals surface area contributed by atoms with Crippen LogP contribution in [0, 0.1) is 17.8 Å². The van der Waals surface area contributed by atoms with Crippen LogP contribution in [0.5, 0.6) is 0 Å². The molecule has 7 atom stereocenters. The number of rotatable bonds is 9. The Bertz CT molecular complexity index is 874. The van der Waals surface area contributed by atoms with E-state index in [2.05, 4.69) is 5.32 Å². The first-order chi connectivity index (χ1) is 17.4. The van der Waals surface area contributed by atoms with Gasteiger partial charge in [0.05, 0.1) is 18.1 Å². The van der Waals surface area contributed by atoms with Gasteiger partial charge in [0.15, 0.2) is 0 Å². The number of nitrogens with one attached hydrogen (secondary N) is 1. The van der Waals surface area contributed by atoms with Crippen LogP contribution in [0.4, 0.5) is 0 Å². The normalized spacial score (nSPS) is 27.6. The van der Waals surface area contributed by atoms with Crippen molar-refractivity contribution in [3.05, 3.63) is 35.9 Å². The molecule has 1 aromatic carbocycles. The van der Waals surface area contributed by atoms with Crippen LogP contribution < -0.4 is 5.32 Å². The van der Waals surface area contributed by atoms with Crippen LogP contribution in [0.1, 0.15) is 72.3 Å². The average molecular weight is 519 g/mol. The number of hydrogen-bond donors (Lipinski definition) is 3. The number of likely N-dealkylation sites (N-methyl/N-ethyl adjacent to an activating group) is 1. The molecule has 1 aliphatic heterocycles. The lowest BCUT2D eigenvalue weighted by Crippen LogP contribution is -2.57. The second-order valence-electron chi connectivity index (χ2n) is 11.1. The number of aliphatic hydroxyl groups excluding tert-OH is 2. The molecule has 2 amide bonds. The molecule has 0 spiro atoms. The van der Waals surface area contributed by atoms with E-state index < -0.39 is 42.1 Å². The van der Waals surface area contributed by atoms with Crippen LogP contribution in [-0.2, 0) is 25.5 Å². The van der Waals surface area contributed by atoms with Crippen molar-refractivity contribution in [2.24, 2.45) is 17.8 Å². The third-order valence-electron chi connectivity index (χ3n) is 7.43. The van der Waals surface area contributed by atoms with Gasteiger partial charge in [-0.1, -0.05) is 70.9 Å². The third-order valence-corrected chi connectivity index (χ3v) is 7.43. The number of aliphatic hydroxyl groups is 2. The van der Waals surface area contributed by atoms with E-state index >= 15 is 0 Å². The molecular formula is C29H46N2O6. The van der Waals surface area contributed by atoms with Crippen molar-refractivity contribution in [2.75, 3.05) is 7.05 Å². The van der Waals surface area contributed by atoms with Crippen molar-refractivity contribution in [1.29, 1.82) is 0 Å². The summed E-state index contributed by atoms with van der Waals surface area (Å²) in [5, 5.41) is 23.3. The molecule has 1 saturated heterocycles. The second-order valence-corrected chi connectivity index (χ2v) is 11.1. The molecule has 0 unspecified atom stereocenters. The summed E-state index contributed by atoms with van der Waals surface area (Å²) in [6, 6.07) is 7.67. The summed E-state index contributed by atoms with van der Waals surface area (Å²) in [5.74, 6) is -2.37. The lowest BCUT2D eigenvalue weighted by Gasteiger charge is -2.36. The summed E-state index contributed by atoms with van der Waals surface area (Å²) in [6.45, 7) is 9.08. The Hall–Kier alpha value is -2.45. The fourth-order valence-corrected chi connectivity index (χ4v) is 4.94. The fourth-order valence-electron chi connectivity index (χ4n) is 4.94. The first kappa shape index (κ1) is 30.8. The van der Waals surface area contributed by atoms with E-state index in [1.165, 1.54) is 4.90 Å². The van der Waals surface area contributed by atoms with Gasteiger partial charge in [0.2, 0.25) is 11.8 Å². The number of carbonyl (C=O) groups is 3. The van der Waals surface area contributed by atoms with Crippen molar-refractivity contribution in [2.45, 2.75) is 104 Å². The number of unbranched alkanes of at least 4 members (excludes halogenated alkanes) is 1. The van der Waals surface area contributed by atoms with Crippen LogP contribution in [0.2, 0.25) is 0 Å². The predicted molar refractivity (Wildman–Crippen MR) is 142 cm³/mol. The van der Waals surface area contributed by atoms with Crippen molar-refractivity contribution < 1.29 is 29.3 Å². The van der Waals surface area contributed by atoms with Gasteiger partial charge in [-0.2, -0.15) is 0 Å². The van der Waals surface area contributed by atoms with E-state index in [1.807, 2.05) is 51.1 Å². The van der Waals surface area contributed by atoms with E-state index in [9.17, 15) is 24.6 Å². The van der Waals surface area contributed by atoms with Crippen LogP contribution in [0.25, 0.3) is 0 Å². The quantitative estimate of drug-likeness (QED) is 0.342. The minimum absolute atomic E-state index is 0.0644. The van der Waals surface area contributed by atoms with E-state index in [-0.39, 0.29) is 36.7 Å². The lowest BCUT2D eigenvalue weighted by molar-refractivity contribution is -0.166. The maximum absolute atomic E-state index is 13.6. The minimum atomic E-state index is -1.04. The largest absolute Gasteiger partial charge is 0.460 e. The average Bonchev–Trinajstić information content (AvgIpc) is 2.84. The molecule has 3 N–H and O–H groups in total. The Morgan fingerprint density at radius 2 is 1.68 bits per heavy atom. The fraction of sp³-hybridized carbons (Fsp3) is 0.690. The Morgan fingerprint density at radius 1 is 1.05 bits per heavy atom. The van der Waals surface area contributed by atoms with E-state index in [0.29, 0.717) is 6.42 Å². The Kier molecular flexibility index (Phi) is 12.0. The summed E-state index contributed by atoms with van der Waals surface area (Å²) in [7, 11) is 1.58. The van der Waals surface area contributed by atoms with Gasteiger partial charge in [-0.05, 0) is 37.2 Å². The number of carbonyl (C=O) groups excluding carboxylic acids is 3. The highest BCUT2D eigenvalue weighted by Gasteiger charge is 2.39. The second kappa shape index (κ2) is 14.5. The molecule has 1 aromatic rings. The van der Waals surface area contributed by atoms with Gasteiger partial charge in [0.1, 0.15) is 18.2 Å². The monoisotopic (exact) mass is 518 g/mol. The van der Waals surface area contributed by atoms with Crippen LogP contribution in [0.15, 0.2) is 30.3 Å². The number of amides is 2. The van der Waals surface area contributed by atoms with E-state index in [0.717, 1.165) is 24.8 Å². The van der Waals surface area contributed by atoms with Gasteiger partial charge in [0, 0.05) is 19.9 Å². The lowest BCUT2D eigenvalue weighted by atomic mass is 9.89. The molecule has 2 rings (SSSR count). The first-order valence-corrected chi connectivity index (χ1v) is 13.6. The summed E-state index contributed by atoms with van der Waals surface area (Å²) in [6.07, 6.45) is 1.53. The number of cyclic esters (lactones) is 1. The number of hydrogen-bond acceptors (Lipinski definition) is 6. The van der Waals surface area contributed by atoms with Crippen molar-refractivity contribution >= 4 is 17.8 Å². The zero-order valence-electron chi connectivity index (χ0n) is 23.2. The molecule has 37 heavy (non-hydrogen) atoms. The highest BCUT2D eigenvalue weighted by atomic mass is 16.5. The zero-order valence-corrected chi connectivity index (χ0v) is 23.2. The molecule has 8 nitrogen and oxygen atoms in total. The van der Waals surface area contributed by atoms with Crippen molar-refractivity contribution in [1.82, 2.24) is 10.2 Å². The number of ether oxygens (including phenoxy) is 1. The predicted octanol–water partition coefficient (Wildman–Crippen LogP) is 3.09. The smallest absolute Gasteiger partial charge is 0.329 e. The maximum Gasteiger partial charge on any atom is 0.329 e. The molecule has 0 bridgehead atoms. The van der Waals surface area contributed by atoms with Gasteiger partial charge in [-0.3, -0.25) is 9.59 Å². The van der Waals surface area contributed by atoms with Crippen molar-refractivity contribution in [3.8, 4) is 0 Å². The highest BCUT2D eigenvalue weighted by Crippen LogP contribution is 2.26. The molecular weight excluding hydrogens is 472 g/mol. The van der Waals surface area contributed by atoms with Crippen LogP contribution >= 0.6 is 0 Å². The van der Waals surface area contributed by atoms with Gasteiger partial charge >= 0.3 is 5.97 Å². The summed E-state index contributed by atoms with van der Waals surface area (Å²) in [5.41, 5.74) is 0.878.